The van der Waals surface area contributed by atoms with Crippen molar-refractivity contribution in [1.29, 1.82) is 0 Å². The SMILES string of the molecule is CCCCCC(CC)CC(N)=S. The van der Waals surface area contributed by atoms with Gasteiger partial charge in [0.25, 0.3) is 0 Å². The van der Waals surface area contributed by atoms with E-state index in [1.54, 1.807) is 0 Å². The molecule has 1 nitrogen and oxygen atoms in total. The average Bonchev–Trinajstić information content (AvgIpc) is 2.02. The minimum absolute atomic E-state index is 0.679. The molecule has 0 rings (SSSR count). The summed E-state index contributed by atoms with van der Waals surface area (Å²) in [4.78, 5) is 0.679. The molecule has 0 aromatic rings. The van der Waals surface area contributed by atoms with Crippen molar-refractivity contribution >= 4 is 17.2 Å². The molecule has 0 fully saturated rings. The highest BCUT2D eigenvalue weighted by atomic mass is 32.1. The fourth-order valence-corrected chi connectivity index (χ4v) is 1.65. The van der Waals surface area contributed by atoms with Gasteiger partial charge in [0, 0.05) is 6.42 Å². The van der Waals surface area contributed by atoms with Gasteiger partial charge in [0.1, 0.15) is 0 Å². The Balaban J connectivity index is 3.46. The molecule has 2 N–H and O–H groups in total. The van der Waals surface area contributed by atoms with Gasteiger partial charge >= 0.3 is 0 Å². The lowest BCUT2D eigenvalue weighted by Crippen LogP contribution is -2.13. The molecule has 72 valence electrons. The summed E-state index contributed by atoms with van der Waals surface area (Å²) in [6.07, 6.45) is 7.41. The predicted octanol–water partition coefficient (Wildman–Crippen LogP) is 3.27. The molecule has 0 bridgehead atoms. The first-order chi connectivity index (χ1) is 5.70. The second kappa shape index (κ2) is 7.53. The third kappa shape index (κ3) is 6.59. The molecule has 0 aromatic carbocycles. The largest absolute Gasteiger partial charge is 0.393 e. The normalized spacial score (nSPS) is 12.8. The second-order valence-corrected chi connectivity index (χ2v) is 3.96. The highest BCUT2D eigenvalue weighted by molar-refractivity contribution is 7.80. The minimum atomic E-state index is 0.679. The van der Waals surface area contributed by atoms with Gasteiger partial charge in [-0.05, 0) is 5.92 Å². The van der Waals surface area contributed by atoms with Crippen molar-refractivity contribution in [2.24, 2.45) is 11.7 Å². The number of rotatable bonds is 7. The summed E-state index contributed by atoms with van der Waals surface area (Å²) in [6, 6.07) is 0. The summed E-state index contributed by atoms with van der Waals surface area (Å²) in [6.45, 7) is 4.45. The Hall–Kier alpha value is -0.110. The van der Waals surface area contributed by atoms with Gasteiger partial charge in [0.2, 0.25) is 0 Å². The number of nitrogens with two attached hydrogens (primary N) is 1. The van der Waals surface area contributed by atoms with Crippen LogP contribution in [-0.4, -0.2) is 4.99 Å². The first-order valence-corrected chi connectivity index (χ1v) is 5.39. The molecule has 1 atom stereocenters. The van der Waals surface area contributed by atoms with E-state index < -0.39 is 0 Å². The number of hydrogen-bond acceptors (Lipinski definition) is 1. The zero-order chi connectivity index (χ0) is 9.40. The van der Waals surface area contributed by atoms with Gasteiger partial charge in [-0.2, -0.15) is 0 Å². The molecule has 0 aliphatic rings. The Bertz CT molecular complexity index is 123. The van der Waals surface area contributed by atoms with Crippen LogP contribution in [0.4, 0.5) is 0 Å². The van der Waals surface area contributed by atoms with Crippen LogP contribution >= 0.6 is 12.2 Å². The summed E-state index contributed by atoms with van der Waals surface area (Å²) in [5, 5.41) is 0. The van der Waals surface area contributed by atoms with Gasteiger partial charge in [0.15, 0.2) is 0 Å². The zero-order valence-electron chi connectivity index (χ0n) is 8.31. The quantitative estimate of drug-likeness (QED) is 0.489. The van der Waals surface area contributed by atoms with E-state index in [0.29, 0.717) is 4.99 Å². The highest BCUT2D eigenvalue weighted by Gasteiger charge is 2.06. The van der Waals surface area contributed by atoms with Gasteiger partial charge in [-0.25, -0.2) is 0 Å². The fourth-order valence-electron chi connectivity index (χ4n) is 1.42. The van der Waals surface area contributed by atoms with Crippen LogP contribution < -0.4 is 5.73 Å². The van der Waals surface area contributed by atoms with Crippen molar-refractivity contribution in [3.63, 3.8) is 0 Å². The van der Waals surface area contributed by atoms with Gasteiger partial charge in [-0.15, -0.1) is 0 Å². The Labute approximate surface area is 81.7 Å². The molecule has 0 spiro atoms. The molecular weight excluding hydrogens is 166 g/mol. The molecule has 0 amide bonds. The third-order valence-corrected chi connectivity index (χ3v) is 2.45. The summed E-state index contributed by atoms with van der Waals surface area (Å²) in [5.74, 6) is 0.731. The van der Waals surface area contributed by atoms with E-state index in [0.717, 1.165) is 12.3 Å². The monoisotopic (exact) mass is 187 g/mol. The first-order valence-electron chi connectivity index (χ1n) is 4.99. The topological polar surface area (TPSA) is 26.0 Å². The van der Waals surface area contributed by atoms with E-state index in [1.807, 2.05) is 0 Å². The van der Waals surface area contributed by atoms with Crippen LogP contribution in [0.25, 0.3) is 0 Å². The van der Waals surface area contributed by atoms with E-state index in [1.165, 1.54) is 32.1 Å². The Morgan fingerprint density at radius 1 is 1.33 bits per heavy atom. The molecule has 0 aliphatic carbocycles. The first kappa shape index (κ1) is 11.9. The molecule has 1 unspecified atom stereocenters. The number of unbranched alkanes of at least 4 members (excludes halogenated alkanes) is 2. The average molecular weight is 187 g/mol. The molecular formula is C10H21NS. The predicted molar refractivity (Wildman–Crippen MR) is 59.3 cm³/mol. The highest BCUT2D eigenvalue weighted by Crippen LogP contribution is 2.16. The van der Waals surface area contributed by atoms with Gasteiger partial charge in [0.05, 0.1) is 4.99 Å². The number of thiocarbonyl (C=S) groups is 1. The minimum Gasteiger partial charge on any atom is -0.393 e. The van der Waals surface area contributed by atoms with Crippen molar-refractivity contribution in [1.82, 2.24) is 0 Å². The molecule has 0 aromatic heterocycles. The summed E-state index contributed by atoms with van der Waals surface area (Å²) in [5.41, 5.74) is 5.50. The van der Waals surface area contributed by atoms with E-state index in [-0.39, 0.29) is 0 Å². The maximum atomic E-state index is 5.50. The van der Waals surface area contributed by atoms with Crippen molar-refractivity contribution in [2.45, 2.75) is 52.4 Å². The van der Waals surface area contributed by atoms with Crippen LogP contribution in [0.3, 0.4) is 0 Å². The Morgan fingerprint density at radius 3 is 2.42 bits per heavy atom. The molecule has 2 heteroatoms. The van der Waals surface area contributed by atoms with Gasteiger partial charge in [-0.1, -0.05) is 58.2 Å². The molecule has 0 radical (unpaired) electrons. The van der Waals surface area contributed by atoms with E-state index >= 15 is 0 Å². The zero-order valence-corrected chi connectivity index (χ0v) is 9.12. The summed E-state index contributed by atoms with van der Waals surface area (Å²) in [7, 11) is 0. The Morgan fingerprint density at radius 2 is 2.00 bits per heavy atom. The summed E-state index contributed by atoms with van der Waals surface area (Å²) < 4.78 is 0. The Kier molecular flexibility index (Phi) is 7.47. The molecule has 12 heavy (non-hydrogen) atoms. The van der Waals surface area contributed by atoms with Crippen molar-refractivity contribution < 1.29 is 0 Å². The van der Waals surface area contributed by atoms with Crippen LogP contribution in [0.2, 0.25) is 0 Å². The second-order valence-electron chi connectivity index (χ2n) is 3.44. The van der Waals surface area contributed by atoms with E-state index in [2.05, 4.69) is 13.8 Å². The van der Waals surface area contributed by atoms with E-state index in [9.17, 15) is 0 Å². The number of hydrogen-bond donors (Lipinski definition) is 1. The van der Waals surface area contributed by atoms with Crippen LogP contribution in [-0.2, 0) is 0 Å². The third-order valence-electron chi connectivity index (χ3n) is 2.28. The van der Waals surface area contributed by atoms with Crippen molar-refractivity contribution in [3.8, 4) is 0 Å². The molecule has 0 saturated carbocycles. The molecule has 0 heterocycles. The van der Waals surface area contributed by atoms with Crippen molar-refractivity contribution in [3.05, 3.63) is 0 Å². The molecule has 0 saturated heterocycles. The lowest BCUT2D eigenvalue weighted by Gasteiger charge is -2.12. The lowest BCUT2D eigenvalue weighted by atomic mass is 9.95. The lowest BCUT2D eigenvalue weighted by molar-refractivity contribution is 0.459. The summed E-state index contributed by atoms with van der Waals surface area (Å²) >= 11 is 4.89. The van der Waals surface area contributed by atoms with Crippen molar-refractivity contribution in [2.75, 3.05) is 0 Å². The smallest absolute Gasteiger partial charge is 0.0730 e. The van der Waals surface area contributed by atoms with Gasteiger partial charge < -0.3 is 5.73 Å². The molecule has 0 aliphatic heterocycles. The van der Waals surface area contributed by atoms with Gasteiger partial charge in [-0.3, -0.25) is 0 Å². The standard InChI is InChI=1S/C10H21NS/c1-3-5-6-7-9(4-2)8-10(11)12/h9H,3-8H2,1-2H3,(H2,11,12). The van der Waals surface area contributed by atoms with Crippen LogP contribution in [0.15, 0.2) is 0 Å². The maximum Gasteiger partial charge on any atom is 0.0730 e. The fraction of sp³-hybridized carbons (Fsp3) is 0.900. The van der Waals surface area contributed by atoms with Crippen LogP contribution in [0.1, 0.15) is 52.4 Å². The van der Waals surface area contributed by atoms with Crippen LogP contribution in [0.5, 0.6) is 0 Å². The maximum absolute atomic E-state index is 5.50. The van der Waals surface area contributed by atoms with E-state index in [4.69, 9.17) is 18.0 Å². The van der Waals surface area contributed by atoms with Crippen LogP contribution in [0, 0.1) is 5.92 Å².